The van der Waals surface area contributed by atoms with Crippen molar-refractivity contribution in [2.45, 2.75) is 32.2 Å². The molecule has 4 rings (SSSR count). The van der Waals surface area contributed by atoms with E-state index in [1.807, 2.05) is 25.3 Å². The van der Waals surface area contributed by atoms with Crippen molar-refractivity contribution < 1.29 is 0 Å². The van der Waals surface area contributed by atoms with E-state index in [2.05, 4.69) is 39.2 Å². The molecule has 1 fully saturated rings. The highest BCUT2D eigenvalue weighted by Gasteiger charge is 2.24. The zero-order valence-electron chi connectivity index (χ0n) is 15.0. The van der Waals surface area contributed by atoms with Gasteiger partial charge in [0.1, 0.15) is 0 Å². The van der Waals surface area contributed by atoms with Crippen molar-refractivity contribution in [3.63, 3.8) is 0 Å². The highest BCUT2D eigenvalue weighted by Crippen LogP contribution is 2.31. The topological polar surface area (TPSA) is 72.9 Å². The maximum absolute atomic E-state index is 5.92. The second kappa shape index (κ2) is 7.25. The van der Waals surface area contributed by atoms with Gasteiger partial charge in [0.25, 0.3) is 0 Å². The molecule has 6 heteroatoms. The number of rotatable bonds is 4. The largest absolute Gasteiger partial charge is 0.341 e. The first kappa shape index (κ1) is 16.7. The predicted octanol–water partition coefficient (Wildman–Crippen LogP) is 2.81. The highest BCUT2D eigenvalue weighted by atomic mass is 15.3. The summed E-state index contributed by atoms with van der Waals surface area (Å²) in [6.07, 6.45) is 5.84. The van der Waals surface area contributed by atoms with E-state index in [0.29, 0.717) is 12.5 Å². The van der Waals surface area contributed by atoms with E-state index in [1.54, 1.807) is 10.9 Å². The van der Waals surface area contributed by atoms with Gasteiger partial charge in [0.15, 0.2) is 5.82 Å². The van der Waals surface area contributed by atoms with Crippen LogP contribution in [0.5, 0.6) is 0 Å². The van der Waals surface area contributed by atoms with Crippen LogP contribution in [-0.2, 0) is 6.54 Å². The van der Waals surface area contributed by atoms with Crippen LogP contribution in [0.25, 0.3) is 5.82 Å². The highest BCUT2D eigenvalue weighted by molar-refractivity contribution is 5.39. The van der Waals surface area contributed by atoms with Crippen molar-refractivity contribution in [2.75, 3.05) is 18.0 Å². The standard InChI is InChI=1S/C20H24N6/c1-15-13-19(26-10-4-9-22-26)24-20(23-15)25-11-7-16(8-12-25)18-6-3-2-5-17(18)14-21/h2-6,9-10,13,16H,7-8,11-12,14,21H2,1H3. The number of nitrogens with two attached hydrogens (primary N) is 1. The third-order valence-electron chi connectivity index (χ3n) is 5.06. The van der Waals surface area contributed by atoms with Crippen LogP contribution < -0.4 is 10.6 Å². The third kappa shape index (κ3) is 3.32. The van der Waals surface area contributed by atoms with Crippen LogP contribution in [0.4, 0.5) is 5.95 Å². The molecule has 2 N–H and O–H groups in total. The van der Waals surface area contributed by atoms with E-state index in [9.17, 15) is 0 Å². The Morgan fingerprint density at radius 3 is 2.65 bits per heavy atom. The Kier molecular flexibility index (Phi) is 4.67. The predicted molar refractivity (Wildman–Crippen MR) is 102 cm³/mol. The smallest absolute Gasteiger partial charge is 0.227 e. The lowest BCUT2D eigenvalue weighted by Gasteiger charge is -2.33. The molecule has 6 nitrogen and oxygen atoms in total. The molecule has 1 aliphatic rings. The summed E-state index contributed by atoms with van der Waals surface area (Å²) in [5, 5.41) is 4.28. The van der Waals surface area contributed by atoms with Crippen LogP contribution in [0.2, 0.25) is 0 Å². The van der Waals surface area contributed by atoms with Crippen LogP contribution in [0.1, 0.15) is 35.6 Å². The summed E-state index contributed by atoms with van der Waals surface area (Å²) in [7, 11) is 0. The average molecular weight is 348 g/mol. The molecule has 3 heterocycles. The molecule has 1 aromatic carbocycles. The lowest BCUT2D eigenvalue weighted by Crippen LogP contribution is -2.34. The minimum absolute atomic E-state index is 0.557. The molecule has 0 spiro atoms. The first-order valence-electron chi connectivity index (χ1n) is 9.13. The summed E-state index contributed by atoms with van der Waals surface area (Å²) in [4.78, 5) is 11.7. The zero-order valence-corrected chi connectivity index (χ0v) is 15.0. The fraction of sp³-hybridized carbons (Fsp3) is 0.350. The van der Waals surface area contributed by atoms with Gasteiger partial charge < -0.3 is 10.6 Å². The summed E-state index contributed by atoms with van der Waals surface area (Å²) in [6, 6.07) is 12.4. The molecule has 0 bridgehead atoms. The second-order valence-electron chi connectivity index (χ2n) is 6.78. The number of hydrogen-bond acceptors (Lipinski definition) is 5. The van der Waals surface area contributed by atoms with Crippen molar-refractivity contribution in [2.24, 2.45) is 5.73 Å². The molecule has 1 saturated heterocycles. The maximum Gasteiger partial charge on any atom is 0.227 e. The van der Waals surface area contributed by atoms with E-state index in [1.165, 1.54) is 11.1 Å². The molecular formula is C20H24N6. The summed E-state index contributed by atoms with van der Waals surface area (Å²) in [5.74, 6) is 2.16. The lowest BCUT2D eigenvalue weighted by molar-refractivity contribution is 0.496. The van der Waals surface area contributed by atoms with Gasteiger partial charge in [-0.15, -0.1) is 0 Å². The van der Waals surface area contributed by atoms with Gasteiger partial charge >= 0.3 is 0 Å². The Balaban J connectivity index is 1.52. The van der Waals surface area contributed by atoms with E-state index in [0.717, 1.165) is 43.4 Å². The molecule has 0 unspecified atom stereocenters. The quantitative estimate of drug-likeness (QED) is 0.785. The number of piperidine rings is 1. The molecule has 0 amide bonds. The number of nitrogens with zero attached hydrogens (tertiary/aromatic N) is 5. The summed E-state index contributed by atoms with van der Waals surface area (Å²) in [5.41, 5.74) is 9.53. The molecule has 0 atom stereocenters. The van der Waals surface area contributed by atoms with Gasteiger partial charge in [-0.25, -0.2) is 9.67 Å². The van der Waals surface area contributed by atoms with E-state index in [4.69, 9.17) is 10.7 Å². The minimum atomic E-state index is 0.557. The van der Waals surface area contributed by atoms with Gasteiger partial charge in [-0.2, -0.15) is 10.1 Å². The van der Waals surface area contributed by atoms with E-state index >= 15 is 0 Å². The van der Waals surface area contributed by atoms with Gasteiger partial charge in [0.05, 0.1) is 0 Å². The van der Waals surface area contributed by atoms with Gasteiger partial charge in [-0.3, -0.25) is 0 Å². The fourth-order valence-corrected chi connectivity index (χ4v) is 3.71. The Hall–Kier alpha value is -2.73. The maximum atomic E-state index is 5.92. The summed E-state index contributed by atoms with van der Waals surface area (Å²) < 4.78 is 1.78. The second-order valence-corrected chi connectivity index (χ2v) is 6.78. The van der Waals surface area contributed by atoms with Crippen molar-refractivity contribution >= 4 is 5.95 Å². The summed E-state index contributed by atoms with van der Waals surface area (Å²) in [6.45, 7) is 4.50. The van der Waals surface area contributed by atoms with Crippen molar-refractivity contribution in [1.29, 1.82) is 0 Å². The van der Waals surface area contributed by atoms with E-state index < -0.39 is 0 Å². The fourth-order valence-electron chi connectivity index (χ4n) is 3.71. The molecule has 134 valence electrons. The third-order valence-corrected chi connectivity index (χ3v) is 5.06. The Morgan fingerprint density at radius 2 is 1.92 bits per heavy atom. The van der Waals surface area contributed by atoms with Crippen LogP contribution in [-0.4, -0.2) is 32.8 Å². The van der Waals surface area contributed by atoms with Crippen molar-refractivity contribution in [3.05, 3.63) is 65.6 Å². The Bertz CT molecular complexity index is 866. The zero-order chi connectivity index (χ0) is 17.9. The number of aromatic nitrogens is 4. The van der Waals surface area contributed by atoms with Crippen LogP contribution in [0, 0.1) is 6.92 Å². The number of anilines is 1. The summed E-state index contributed by atoms with van der Waals surface area (Å²) >= 11 is 0. The first-order chi connectivity index (χ1) is 12.7. The number of benzene rings is 1. The monoisotopic (exact) mass is 348 g/mol. The Labute approximate surface area is 153 Å². The molecule has 3 aromatic rings. The average Bonchev–Trinajstić information content (AvgIpc) is 3.22. The molecule has 1 aliphatic heterocycles. The van der Waals surface area contributed by atoms with Crippen LogP contribution >= 0.6 is 0 Å². The molecule has 2 aromatic heterocycles. The minimum Gasteiger partial charge on any atom is -0.341 e. The molecular weight excluding hydrogens is 324 g/mol. The van der Waals surface area contributed by atoms with Crippen LogP contribution in [0.15, 0.2) is 48.8 Å². The molecule has 0 aliphatic carbocycles. The molecule has 0 saturated carbocycles. The Morgan fingerprint density at radius 1 is 1.12 bits per heavy atom. The molecule has 0 radical (unpaired) electrons. The molecule has 26 heavy (non-hydrogen) atoms. The van der Waals surface area contributed by atoms with Crippen LogP contribution in [0.3, 0.4) is 0 Å². The van der Waals surface area contributed by atoms with Gasteiger partial charge in [0, 0.05) is 43.8 Å². The van der Waals surface area contributed by atoms with Gasteiger partial charge in [-0.1, -0.05) is 24.3 Å². The van der Waals surface area contributed by atoms with Crippen molar-refractivity contribution in [3.8, 4) is 5.82 Å². The lowest BCUT2D eigenvalue weighted by atomic mass is 9.86. The van der Waals surface area contributed by atoms with Crippen molar-refractivity contribution in [1.82, 2.24) is 19.7 Å². The van der Waals surface area contributed by atoms with Gasteiger partial charge in [-0.05, 0) is 42.9 Å². The number of hydrogen-bond donors (Lipinski definition) is 1. The number of aryl methyl sites for hydroxylation is 1. The van der Waals surface area contributed by atoms with E-state index in [-0.39, 0.29) is 0 Å². The van der Waals surface area contributed by atoms with Gasteiger partial charge in [0.2, 0.25) is 5.95 Å². The normalized spacial score (nSPS) is 15.4. The SMILES string of the molecule is Cc1cc(-n2cccn2)nc(N2CCC(c3ccccc3CN)CC2)n1. The first-order valence-corrected chi connectivity index (χ1v) is 9.13.